The second-order valence-electron chi connectivity index (χ2n) is 7.48. The number of rotatable bonds is 2. The minimum absolute atomic E-state index is 0.149. The van der Waals surface area contributed by atoms with Crippen LogP contribution in [-0.4, -0.2) is 52.7 Å². The maximum atomic E-state index is 13.0. The highest BCUT2D eigenvalue weighted by Gasteiger charge is 2.45. The molecule has 3 heterocycles. The molecule has 4 rings (SSSR count). The Morgan fingerprint density at radius 1 is 1.30 bits per heavy atom. The quantitative estimate of drug-likeness (QED) is 0.845. The van der Waals surface area contributed by atoms with Gasteiger partial charge < -0.3 is 20.1 Å². The van der Waals surface area contributed by atoms with Gasteiger partial charge in [0.15, 0.2) is 0 Å². The zero-order valence-corrected chi connectivity index (χ0v) is 15.7. The number of methoxy groups -OCH3 is 1. The molecule has 1 amide bonds. The highest BCUT2D eigenvalue weighted by atomic mass is 16.5. The van der Waals surface area contributed by atoms with Gasteiger partial charge in [-0.3, -0.25) is 4.79 Å². The summed E-state index contributed by atoms with van der Waals surface area (Å²) in [5, 5.41) is 14.5. The molecule has 1 saturated heterocycles. The first-order chi connectivity index (χ1) is 13.0. The van der Waals surface area contributed by atoms with Crippen LogP contribution >= 0.6 is 0 Å². The number of hydrogen-bond donors (Lipinski definition) is 2. The van der Waals surface area contributed by atoms with Crippen LogP contribution in [0.5, 0.6) is 5.88 Å². The average Bonchev–Trinajstić information content (AvgIpc) is 2.69. The number of ether oxygens (including phenoxy) is 1. The van der Waals surface area contributed by atoms with Crippen molar-refractivity contribution >= 4 is 5.91 Å². The minimum atomic E-state index is -0.632. The average molecular weight is 367 g/mol. The molecular weight excluding hydrogens is 342 g/mol. The maximum Gasteiger partial charge on any atom is 0.259 e. The van der Waals surface area contributed by atoms with E-state index in [-0.39, 0.29) is 11.4 Å². The normalized spacial score (nSPS) is 24.6. The zero-order chi connectivity index (χ0) is 19.0. The number of carbonyl (C=O) groups is 1. The molecule has 2 atom stereocenters. The highest BCUT2D eigenvalue weighted by molar-refractivity contribution is 5.96. The molecule has 142 valence electrons. The van der Waals surface area contributed by atoms with Gasteiger partial charge in [0.05, 0.1) is 18.8 Å². The highest BCUT2D eigenvalue weighted by Crippen LogP contribution is 2.33. The Hall–Kier alpha value is -2.44. The van der Waals surface area contributed by atoms with Gasteiger partial charge in [-0.05, 0) is 43.0 Å². The second-order valence-corrected chi connectivity index (χ2v) is 7.48. The van der Waals surface area contributed by atoms with E-state index in [0.29, 0.717) is 31.0 Å². The van der Waals surface area contributed by atoms with E-state index < -0.39 is 6.10 Å². The maximum absolute atomic E-state index is 13.0. The van der Waals surface area contributed by atoms with E-state index in [4.69, 9.17) is 4.74 Å². The lowest BCUT2D eigenvalue weighted by Crippen LogP contribution is -2.65. The summed E-state index contributed by atoms with van der Waals surface area (Å²) >= 11 is 0. The molecule has 0 saturated carbocycles. The summed E-state index contributed by atoms with van der Waals surface area (Å²) in [6.07, 6.45) is 0.852. The van der Waals surface area contributed by atoms with Gasteiger partial charge in [0.1, 0.15) is 5.56 Å². The van der Waals surface area contributed by atoms with Gasteiger partial charge in [-0.2, -0.15) is 0 Å². The summed E-state index contributed by atoms with van der Waals surface area (Å²) in [7, 11) is 1.52. The van der Waals surface area contributed by atoms with Gasteiger partial charge in [0.2, 0.25) is 5.88 Å². The van der Waals surface area contributed by atoms with Crippen molar-refractivity contribution in [2.24, 2.45) is 0 Å². The lowest BCUT2D eigenvalue weighted by atomic mass is 9.76. The number of piperidine rings is 1. The molecule has 1 aromatic carbocycles. The van der Waals surface area contributed by atoms with Crippen molar-refractivity contribution in [3.8, 4) is 5.88 Å². The third kappa shape index (κ3) is 3.19. The Kier molecular flexibility index (Phi) is 4.61. The molecule has 6 nitrogen and oxygen atoms in total. The van der Waals surface area contributed by atoms with Crippen LogP contribution < -0.4 is 10.1 Å². The van der Waals surface area contributed by atoms with Crippen molar-refractivity contribution in [3.05, 3.63) is 58.8 Å². The van der Waals surface area contributed by atoms with Gasteiger partial charge in [-0.15, -0.1) is 0 Å². The summed E-state index contributed by atoms with van der Waals surface area (Å²) in [5.74, 6) is 0.184. The van der Waals surface area contributed by atoms with Crippen molar-refractivity contribution in [3.63, 3.8) is 0 Å². The second kappa shape index (κ2) is 6.94. The number of fused-ring (bicyclic) bond motifs is 1. The summed E-state index contributed by atoms with van der Waals surface area (Å²) < 4.78 is 5.28. The van der Waals surface area contributed by atoms with E-state index in [9.17, 15) is 9.90 Å². The Morgan fingerprint density at radius 2 is 2.07 bits per heavy atom. The summed E-state index contributed by atoms with van der Waals surface area (Å²) in [4.78, 5) is 19.0. The van der Waals surface area contributed by atoms with Gasteiger partial charge in [-0.1, -0.05) is 24.3 Å². The van der Waals surface area contributed by atoms with Crippen molar-refractivity contribution in [1.82, 2.24) is 15.2 Å². The summed E-state index contributed by atoms with van der Waals surface area (Å²) in [6.45, 7) is 3.49. The van der Waals surface area contributed by atoms with Crippen molar-refractivity contribution < 1.29 is 14.6 Å². The summed E-state index contributed by atoms with van der Waals surface area (Å²) in [5.41, 5.74) is 3.42. The minimum Gasteiger partial charge on any atom is -0.480 e. The topological polar surface area (TPSA) is 74.7 Å². The molecule has 0 unspecified atom stereocenters. The van der Waals surface area contributed by atoms with Crippen molar-refractivity contribution in [2.45, 2.75) is 38.0 Å². The number of nitrogens with one attached hydrogen (secondary N) is 1. The van der Waals surface area contributed by atoms with Crippen molar-refractivity contribution in [2.75, 3.05) is 20.2 Å². The Bertz CT molecular complexity index is 870. The predicted octanol–water partition coefficient (Wildman–Crippen LogP) is 1.69. The van der Waals surface area contributed by atoms with Crippen LogP contribution in [0.25, 0.3) is 0 Å². The van der Waals surface area contributed by atoms with Crippen LogP contribution in [0.1, 0.15) is 33.6 Å². The van der Waals surface area contributed by atoms with E-state index in [1.165, 1.54) is 18.2 Å². The van der Waals surface area contributed by atoms with Crippen LogP contribution in [0.4, 0.5) is 0 Å². The molecule has 1 aromatic heterocycles. The molecule has 0 bridgehead atoms. The van der Waals surface area contributed by atoms with Crippen molar-refractivity contribution in [1.29, 1.82) is 0 Å². The number of aryl methyl sites for hydroxylation is 1. The van der Waals surface area contributed by atoms with E-state index in [1.54, 1.807) is 17.0 Å². The predicted molar refractivity (Wildman–Crippen MR) is 102 cm³/mol. The van der Waals surface area contributed by atoms with Crippen LogP contribution in [-0.2, 0) is 13.0 Å². The molecule has 1 spiro atoms. The monoisotopic (exact) mass is 367 g/mol. The molecule has 2 aliphatic rings. The molecule has 6 heteroatoms. The van der Waals surface area contributed by atoms with Gasteiger partial charge in [0.25, 0.3) is 5.91 Å². The van der Waals surface area contributed by atoms with Crippen LogP contribution in [0.3, 0.4) is 0 Å². The number of likely N-dealkylation sites (tertiary alicyclic amines) is 1. The molecule has 2 aromatic rings. The first-order valence-corrected chi connectivity index (χ1v) is 9.33. The Balaban J connectivity index is 1.52. The van der Waals surface area contributed by atoms with Gasteiger partial charge in [0, 0.05) is 25.3 Å². The standard InChI is InChI=1S/C21H25N3O3/c1-14-7-8-17(19(23-14)27-2)20(26)24-10-9-21(18(25)13-24)11-15-5-3-4-6-16(15)12-22-21/h3-8,18,22,25H,9-13H2,1-2H3/t18-,21+/m1/s1. The first kappa shape index (κ1) is 17.9. The number of aliphatic hydroxyl groups is 1. The number of carbonyl (C=O) groups excluding carboxylic acids is 1. The Morgan fingerprint density at radius 3 is 2.81 bits per heavy atom. The van der Waals surface area contributed by atoms with E-state index in [0.717, 1.165) is 18.7 Å². The number of aromatic nitrogens is 1. The number of hydrogen-bond acceptors (Lipinski definition) is 5. The number of nitrogens with zero attached hydrogens (tertiary/aromatic N) is 2. The Labute approximate surface area is 159 Å². The fraction of sp³-hybridized carbons (Fsp3) is 0.429. The number of amides is 1. The third-order valence-electron chi connectivity index (χ3n) is 5.82. The van der Waals surface area contributed by atoms with Crippen LogP contribution in [0.2, 0.25) is 0 Å². The molecule has 27 heavy (non-hydrogen) atoms. The number of pyridine rings is 1. The summed E-state index contributed by atoms with van der Waals surface area (Å²) in [6, 6.07) is 11.9. The SMILES string of the molecule is COc1nc(C)ccc1C(=O)N1CC[C@]2(Cc3ccccc3CN2)[C@H](O)C1. The smallest absolute Gasteiger partial charge is 0.259 e. The molecular formula is C21H25N3O3. The van der Waals surface area contributed by atoms with Crippen LogP contribution in [0, 0.1) is 6.92 Å². The molecule has 0 aliphatic carbocycles. The van der Waals surface area contributed by atoms with Gasteiger partial charge in [-0.25, -0.2) is 4.98 Å². The number of benzene rings is 1. The lowest BCUT2D eigenvalue weighted by molar-refractivity contribution is -0.0139. The molecule has 1 fully saturated rings. The molecule has 0 radical (unpaired) electrons. The lowest BCUT2D eigenvalue weighted by Gasteiger charge is -2.48. The molecule has 2 aliphatic heterocycles. The van der Waals surface area contributed by atoms with E-state index >= 15 is 0 Å². The van der Waals surface area contributed by atoms with E-state index in [1.807, 2.05) is 19.1 Å². The fourth-order valence-corrected chi connectivity index (χ4v) is 4.17. The molecule has 2 N–H and O–H groups in total. The number of β-amino-alcohol motifs (C(OH)–C–C–N with tert-alkyl or cyclic N) is 1. The largest absolute Gasteiger partial charge is 0.480 e. The fourth-order valence-electron chi connectivity index (χ4n) is 4.17. The third-order valence-corrected chi connectivity index (χ3v) is 5.82. The first-order valence-electron chi connectivity index (χ1n) is 9.33. The van der Waals surface area contributed by atoms with Crippen LogP contribution in [0.15, 0.2) is 36.4 Å². The zero-order valence-electron chi connectivity index (χ0n) is 15.7. The number of aliphatic hydroxyl groups excluding tert-OH is 1. The van der Waals surface area contributed by atoms with E-state index in [2.05, 4.69) is 22.4 Å². The van der Waals surface area contributed by atoms with Gasteiger partial charge >= 0.3 is 0 Å².